The van der Waals surface area contributed by atoms with E-state index in [9.17, 15) is 14.0 Å². The van der Waals surface area contributed by atoms with E-state index in [1.807, 2.05) is 60.8 Å². The second kappa shape index (κ2) is 9.27. The molecule has 32 heavy (non-hydrogen) atoms. The fourth-order valence-corrected chi connectivity index (χ4v) is 4.81. The van der Waals surface area contributed by atoms with Gasteiger partial charge in [-0.2, -0.15) is 0 Å². The van der Waals surface area contributed by atoms with Crippen LogP contribution in [0.4, 0.5) is 4.39 Å². The molecule has 0 saturated carbocycles. The molecule has 1 aliphatic rings. The summed E-state index contributed by atoms with van der Waals surface area (Å²) in [4.78, 5) is 27.9. The molecule has 1 aliphatic heterocycles. The number of benzene rings is 2. The number of fused-ring (bicyclic) bond motifs is 1. The molecule has 2 aromatic carbocycles. The van der Waals surface area contributed by atoms with Gasteiger partial charge in [-0.1, -0.05) is 19.1 Å². The van der Waals surface area contributed by atoms with Crippen LogP contribution in [-0.4, -0.2) is 34.2 Å². The van der Waals surface area contributed by atoms with Crippen LogP contribution in [0.2, 0.25) is 0 Å². The van der Waals surface area contributed by atoms with E-state index in [-0.39, 0.29) is 17.5 Å². The first-order chi connectivity index (χ1) is 15.4. The van der Waals surface area contributed by atoms with E-state index in [1.54, 1.807) is 0 Å². The third-order valence-corrected chi connectivity index (χ3v) is 6.68. The SMILES string of the molecule is CCCC(=O)c1cn(C)c2cc(C)c(C(=O)N3CCC(Cc4ccc(F)cc4)CC3)cc12. The van der Waals surface area contributed by atoms with Crippen molar-refractivity contribution >= 4 is 22.6 Å². The minimum Gasteiger partial charge on any atom is -0.350 e. The van der Waals surface area contributed by atoms with E-state index >= 15 is 0 Å². The minimum atomic E-state index is -0.209. The number of nitrogens with zero attached hydrogens (tertiary/aromatic N) is 2. The Morgan fingerprint density at radius 3 is 2.41 bits per heavy atom. The lowest BCUT2D eigenvalue weighted by Crippen LogP contribution is -2.39. The van der Waals surface area contributed by atoms with Crippen LogP contribution in [-0.2, 0) is 13.5 Å². The van der Waals surface area contributed by atoms with Crippen LogP contribution in [0.25, 0.3) is 10.9 Å². The number of halogens is 1. The lowest BCUT2D eigenvalue weighted by atomic mass is 9.89. The summed E-state index contributed by atoms with van der Waals surface area (Å²) in [7, 11) is 1.94. The lowest BCUT2D eigenvalue weighted by Gasteiger charge is -2.32. The zero-order valence-electron chi connectivity index (χ0n) is 19.2. The number of aryl methyl sites for hydroxylation is 2. The van der Waals surface area contributed by atoms with E-state index in [4.69, 9.17) is 0 Å². The average molecular weight is 435 g/mol. The van der Waals surface area contributed by atoms with E-state index in [0.29, 0.717) is 23.5 Å². The van der Waals surface area contributed by atoms with Crippen LogP contribution >= 0.6 is 0 Å². The van der Waals surface area contributed by atoms with Gasteiger partial charge >= 0.3 is 0 Å². The summed E-state index contributed by atoms with van der Waals surface area (Å²) in [6, 6.07) is 10.7. The Labute approximate surface area is 189 Å². The van der Waals surface area contributed by atoms with Crippen LogP contribution < -0.4 is 0 Å². The summed E-state index contributed by atoms with van der Waals surface area (Å²) in [5, 5.41) is 0.867. The van der Waals surface area contributed by atoms with Crippen molar-refractivity contribution in [1.29, 1.82) is 0 Å². The maximum Gasteiger partial charge on any atom is 0.254 e. The number of rotatable bonds is 6. The maximum absolute atomic E-state index is 13.4. The number of hydrogen-bond donors (Lipinski definition) is 0. The Morgan fingerprint density at radius 2 is 1.75 bits per heavy atom. The van der Waals surface area contributed by atoms with E-state index in [0.717, 1.165) is 60.8 Å². The number of carbonyl (C=O) groups excluding carboxylic acids is 2. The van der Waals surface area contributed by atoms with Crippen molar-refractivity contribution in [2.45, 2.75) is 46.0 Å². The van der Waals surface area contributed by atoms with Gasteiger partial charge in [0.05, 0.1) is 0 Å². The lowest BCUT2D eigenvalue weighted by molar-refractivity contribution is 0.0689. The Kier molecular flexibility index (Phi) is 6.45. The molecule has 4 nitrogen and oxygen atoms in total. The summed E-state index contributed by atoms with van der Waals surface area (Å²) in [5.74, 6) is 0.462. The molecule has 0 bridgehead atoms. The molecule has 5 heteroatoms. The third kappa shape index (κ3) is 4.47. The van der Waals surface area contributed by atoms with Crippen LogP contribution in [0.1, 0.15) is 64.4 Å². The molecule has 168 valence electrons. The summed E-state index contributed by atoms with van der Waals surface area (Å²) >= 11 is 0. The molecular weight excluding hydrogens is 403 g/mol. The largest absolute Gasteiger partial charge is 0.350 e. The van der Waals surface area contributed by atoms with Gasteiger partial charge in [0.15, 0.2) is 5.78 Å². The molecule has 0 spiro atoms. The van der Waals surface area contributed by atoms with Crippen molar-refractivity contribution in [1.82, 2.24) is 9.47 Å². The fraction of sp³-hybridized carbons (Fsp3) is 0.407. The van der Waals surface area contributed by atoms with E-state index in [2.05, 4.69) is 0 Å². The Balaban J connectivity index is 1.50. The van der Waals surface area contributed by atoms with Crippen molar-refractivity contribution in [3.8, 4) is 0 Å². The van der Waals surface area contributed by atoms with Gasteiger partial charge in [0.25, 0.3) is 5.91 Å². The molecule has 0 N–H and O–H groups in total. The molecular formula is C27H31FN2O2. The number of piperidine rings is 1. The first-order valence-corrected chi connectivity index (χ1v) is 11.5. The average Bonchev–Trinajstić information content (AvgIpc) is 3.10. The highest BCUT2D eigenvalue weighted by atomic mass is 19.1. The Morgan fingerprint density at radius 1 is 1.06 bits per heavy atom. The first-order valence-electron chi connectivity index (χ1n) is 11.5. The van der Waals surface area contributed by atoms with Crippen LogP contribution in [0.3, 0.4) is 0 Å². The van der Waals surface area contributed by atoms with Gasteiger partial charge in [0, 0.05) is 54.8 Å². The highest BCUT2D eigenvalue weighted by Gasteiger charge is 2.26. The van der Waals surface area contributed by atoms with Crippen LogP contribution in [0.15, 0.2) is 42.6 Å². The maximum atomic E-state index is 13.4. The molecule has 0 atom stereocenters. The number of Topliss-reactive ketones (excluding diaryl/α,β-unsaturated/α-hetero) is 1. The minimum absolute atomic E-state index is 0.0439. The molecule has 1 saturated heterocycles. The number of likely N-dealkylation sites (tertiary alicyclic amines) is 1. The molecule has 1 aromatic heterocycles. The highest BCUT2D eigenvalue weighted by molar-refractivity contribution is 6.10. The zero-order valence-corrected chi connectivity index (χ0v) is 19.2. The normalized spacial score (nSPS) is 14.8. The van der Waals surface area contributed by atoms with Gasteiger partial charge in [0.1, 0.15) is 5.82 Å². The first kappa shape index (κ1) is 22.3. The monoisotopic (exact) mass is 434 g/mol. The van der Waals surface area contributed by atoms with Crippen LogP contribution in [0.5, 0.6) is 0 Å². The summed E-state index contributed by atoms with van der Waals surface area (Å²) in [5.41, 5.74) is 4.46. The highest BCUT2D eigenvalue weighted by Crippen LogP contribution is 2.28. The summed E-state index contributed by atoms with van der Waals surface area (Å²) < 4.78 is 15.1. The molecule has 0 unspecified atom stereocenters. The summed E-state index contributed by atoms with van der Waals surface area (Å²) in [6.07, 6.45) is 6.00. The van der Waals surface area contributed by atoms with Crippen molar-refractivity contribution < 1.29 is 14.0 Å². The number of ketones is 1. The van der Waals surface area contributed by atoms with Crippen molar-refractivity contribution in [3.63, 3.8) is 0 Å². The smallest absolute Gasteiger partial charge is 0.254 e. The number of carbonyl (C=O) groups is 2. The second-order valence-electron chi connectivity index (χ2n) is 9.08. The Hall–Kier alpha value is -2.95. The molecule has 1 amide bonds. The Bertz CT molecular complexity index is 1140. The predicted molar refractivity (Wildman–Crippen MR) is 126 cm³/mol. The van der Waals surface area contributed by atoms with Gasteiger partial charge in [-0.3, -0.25) is 9.59 Å². The van der Waals surface area contributed by atoms with Gasteiger partial charge in [-0.25, -0.2) is 4.39 Å². The quantitative estimate of drug-likeness (QED) is 0.467. The van der Waals surface area contributed by atoms with Gasteiger partial charge in [0.2, 0.25) is 0 Å². The van der Waals surface area contributed by atoms with E-state index in [1.165, 1.54) is 12.1 Å². The van der Waals surface area contributed by atoms with Gasteiger partial charge in [-0.15, -0.1) is 0 Å². The van der Waals surface area contributed by atoms with Crippen molar-refractivity contribution in [2.75, 3.05) is 13.1 Å². The number of aromatic nitrogens is 1. The van der Waals surface area contributed by atoms with Crippen LogP contribution in [0, 0.1) is 18.7 Å². The standard InChI is InChI=1S/C27H31FN2O2/c1-4-5-26(31)24-17-29(3)25-14-18(2)22(16-23(24)25)27(32)30-12-10-20(11-13-30)15-19-6-8-21(28)9-7-19/h6-9,14,16-17,20H,4-5,10-13,15H2,1-3H3. The fourth-order valence-electron chi connectivity index (χ4n) is 4.81. The molecule has 0 aliphatic carbocycles. The molecule has 1 fully saturated rings. The topological polar surface area (TPSA) is 42.3 Å². The van der Waals surface area contributed by atoms with Crippen molar-refractivity contribution in [2.24, 2.45) is 13.0 Å². The molecule has 2 heterocycles. The third-order valence-electron chi connectivity index (χ3n) is 6.68. The van der Waals surface area contributed by atoms with Gasteiger partial charge < -0.3 is 9.47 Å². The molecule has 3 aromatic rings. The summed E-state index contributed by atoms with van der Waals surface area (Å²) in [6.45, 7) is 5.41. The number of amides is 1. The van der Waals surface area contributed by atoms with Crippen molar-refractivity contribution in [3.05, 3.63) is 70.7 Å². The number of hydrogen-bond acceptors (Lipinski definition) is 2. The molecule has 4 rings (SSSR count). The predicted octanol–water partition coefficient (Wildman–Crippen LogP) is 5.70. The van der Waals surface area contributed by atoms with Gasteiger partial charge in [-0.05, 0) is 73.9 Å². The van der Waals surface area contributed by atoms with E-state index < -0.39 is 0 Å². The zero-order chi connectivity index (χ0) is 22.8. The second-order valence-corrected chi connectivity index (χ2v) is 9.08. The molecule has 0 radical (unpaired) electrons.